The molecule has 1 aromatic heterocycles. The summed E-state index contributed by atoms with van der Waals surface area (Å²) in [7, 11) is -7.50. The summed E-state index contributed by atoms with van der Waals surface area (Å²) in [5.41, 5.74) is 0.0175. The van der Waals surface area contributed by atoms with Crippen LogP contribution in [0.5, 0.6) is 0 Å². The van der Waals surface area contributed by atoms with E-state index < -0.39 is 43.3 Å². The standard InChI is InChI=1S/C25H30F2N4O5S2/c1-24(2,3)30-38(35,36)19-7-5-6-16(14-19)23(32)22-20-9-8-17(29-37(4,33)34)15-21(20)31(28-22)18-10-12-25(26,27)13-11-18/h5-9,14-15,18,29-30H,10-13H2,1-4H3. The Morgan fingerprint density at radius 1 is 1.05 bits per heavy atom. The van der Waals surface area contributed by atoms with Crippen LogP contribution < -0.4 is 9.44 Å². The van der Waals surface area contributed by atoms with Gasteiger partial charge < -0.3 is 0 Å². The highest BCUT2D eigenvalue weighted by atomic mass is 32.2. The van der Waals surface area contributed by atoms with Crippen LogP contribution in [0.25, 0.3) is 10.9 Å². The summed E-state index contributed by atoms with van der Waals surface area (Å²) in [6, 6.07) is 9.70. The topological polar surface area (TPSA) is 127 Å². The van der Waals surface area contributed by atoms with Gasteiger partial charge in [0.25, 0.3) is 0 Å². The van der Waals surface area contributed by atoms with Gasteiger partial charge in [-0.25, -0.2) is 30.3 Å². The first-order chi connectivity index (χ1) is 17.4. The number of nitrogens with one attached hydrogen (secondary N) is 2. The second-order valence-corrected chi connectivity index (χ2v) is 14.1. The molecule has 9 nitrogen and oxygen atoms in total. The van der Waals surface area contributed by atoms with Gasteiger partial charge in [0.05, 0.1) is 28.4 Å². The van der Waals surface area contributed by atoms with Gasteiger partial charge in [0, 0.05) is 29.3 Å². The number of hydrogen-bond donors (Lipinski definition) is 2. The fraction of sp³-hybridized carbons (Fsp3) is 0.440. The zero-order chi connectivity index (χ0) is 28.1. The number of hydrogen-bond acceptors (Lipinski definition) is 6. The molecular weight excluding hydrogens is 538 g/mol. The Bertz CT molecular complexity index is 1600. The lowest BCUT2D eigenvalue weighted by Gasteiger charge is -2.28. The van der Waals surface area contributed by atoms with Crippen molar-refractivity contribution in [2.45, 2.75) is 68.9 Å². The number of fused-ring (bicyclic) bond motifs is 1. The van der Waals surface area contributed by atoms with E-state index in [0.29, 0.717) is 10.9 Å². The second-order valence-electron chi connectivity index (χ2n) is 10.7. The van der Waals surface area contributed by atoms with Crippen LogP contribution in [-0.4, -0.2) is 50.1 Å². The van der Waals surface area contributed by atoms with Gasteiger partial charge in [0.2, 0.25) is 31.8 Å². The van der Waals surface area contributed by atoms with Crippen molar-refractivity contribution in [3.05, 3.63) is 53.7 Å². The fourth-order valence-electron chi connectivity index (χ4n) is 4.53. The Morgan fingerprint density at radius 3 is 2.32 bits per heavy atom. The van der Waals surface area contributed by atoms with Gasteiger partial charge in [0.15, 0.2) is 0 Å². The summed E-state index contributed by atoms with van der Waals surface area (Å²) in [6.07, 6.45) is 0.609. The van der Waals surface area contributed by atoms with Gasteiger partial charge in [-0.05, 0) is 63.9 Å². The van der Waals surface area contributed by atoms with E-state index in [4.69, 9.17) is 0 Å². The Labute approximate surface area is 220 Å². The van der Waals surface area contributed by atoms with E-state index in [1.54, 1.807) is 26.8 Å². The largest absolute Gasteiger partial charge is 0.287 e. The van der Waals surface area contributed by atoms with Gasteiger partial charge in [-0.3, -0.25) is 14.2 Å². The molecule has 13 heteroatoms. The third-order valence-corrected chi connectivity index (χ3v) is 8.47. The molecule has 1 fully saturated rings. The highest BCUT2D eigenvalue weighted by Crippen LogP contribution is 2.40. The van der Waals surface area contributed by atoms with Crippen LogP contribution in [0.2, 0.25) is 0 Å². The van der Waals surface area contributed by atoms with E-state index in [0.717, 1.165) is 6.26 Å². The zero-order valence-electron chi connectivity index (χ0n) is 21.5. The first-order valence-corrected chi connectivity index (χ1v) is 15.4. The van der Waals surface area contributed by atoms with Crippen molar-refractivity contribution in [1.82, 2.24) is 14.5 Å². The van der Waals surface area contributed by atoms with Crippen LogP contribution in [0.4, 0.5) is 14.5 Å². The molecule has 1 saturated carbocycles. The predicted molar refractivity (Wildman–Crippen MR) is 141 cm³/mol. The van der Waals surface area contributed by atoms with Gasteiger partial charge in [-0.15, -0.1) is 0 Å². The van der Waals surface area contributed by atoms with E-state index in [1.165, 1.54) is 41.1 Å². The monoisotopic (exact) mass is 568 g/mol. The minimum absolute atomic E-state index is 0.0153. The SMILES string of the molecule is CC(C)(C)NS(=O)(=O)c1cccc(C(=O)c2nn(C3CCC(F)(F)CC3)c3cc(NS(C)(=O)=O)ccc23)c1. The van der Waals surface area contributed by atoms with E-state index in [2.05, 4.69) is 14.5 Å². The van der Waals surface area contributed by atoms with Crippen molar-refractivity contribution in [2.75, 3.05) is 11.0 Å². The van der Waals surface area contributed by atoms with E-state index in [-0.39, 0.29) is 47.5 Å². The highest BCUT2D eigenvalue weighted by molar-refractivity contribution is 7.92. The van der Waals surface area contributed by atoms with Crippen LogP contribution in [0, 0.1) is 0 Å². The Balaban J connectivity index is 1.79. The van der Waals surface area contributed by atoms with Crippen molar-refractivity contribution in [1.29, 1.82) is 0 Å². The molecule has 0 spiro atoms. The number of sulfonamides is 2. The van der Waals surface area contributed by atoms with E-state index in [9.17, 15) is 30.4 Å². The molecule has 206 valence electrons. The third kappa shape index (κ3) is 6.38. The molecule has 0 saturated heterocycles. The Morgan fingerprint density at radius 2 is 1.71 bits per heavy atom. The maximum atomic E-state index is 13.8. The average Bonchev–Trinajstić information content (AvgIpc) is 3.15. The number of carbonyl (C=O) groups is 1. The van der Waals surface area contributed by atoms with Crippen LogP contribution in [-0.2, 0) is 20.0 Å². The normalized spacial score (nSPS) is 17.0. The van der Waals surface area contributed by atoms with Gasteiger partial charge in [-0.2, -0.15) is 5.10 Å². The molecule has 2 N–H and O–H groups in total. The second kappa shape index (κ2) is 9.69. The molecule has 0 radical (unpaired) electrons. The van der Waals surface area contributed by atoms with Crippen molar-refractivity contribution in [3.63, 3.8) is 0 Å². The predicted octanol–water partition coefficient (Wildman–Crippen LogP) is 4.47. The number of aromatic nitrogens is 2. The molecule has 0 aliphatic heterocycles. The molecular formula is C25H30F2N4O5S2. The molecule has 0 amide bonds. The van der Waals surface area contributed by atoms with E-state index in [1.807, 2.05) is 0 Å². The maximum absolute atomic E-state index is 13.8. The lowest BCUT2D eigenvalue weighted by atomic mass is 9.92. The van der Waals surface area contributed by atoms with Crippen LogP contribution in [0.15, 0.2) is 47.4 Å². The number of carbonyl (C=O) groups excluding carboxylic acids is 1. The Kier molecular flexibility index (Phi) is 7.17. The minimum Gasteiger partial charge on any atom is -0.287 e. The van der Waals surface area contributed by atoms with Crippen molar-refractivity contribution >= 4 is 42.4 Å². The van der Waals surface area contributed by atoms with E-state index >= 15 is 0 Å². The molecule has 0 atom stereocenters. The lowest BCUT2D eigenvalue weighted by molar-refractivity contribution is -0.0446. The van der Waals surface area contributed by atoms with Crippen LogP contribution in [0.3, 0.4) is 0 Å². The molecule has 4 rings (SSSR count). The first kappa shape index (κ1) is 28.1. The average molecular weight is 569 g/mol. The summed E-state index contributed by atoms with van der Waals surface area (Å²) in [5, 5.41) is 4.90. The molecule has 1 aliphatic carbocycles. The molecule has 0 bridgehead atoms. The van der Waals surface area contributed by atoms with Crippen LogP contribution in [0.1, 0.15) is 68.5 Å². The van der Waals surface area contributed by atoms with Gasteiger partial charge >= 0.3 is 0 Å². The van der Waals surface area contributed by atoms with Crippen LogP contribution >= 0.6 is 0 Å². The van der Waals surface area contributed by atoms with Gasteiger partial charge in [0.1, 0.15) is 5.69 Å². The number of ketones is 1. The number of rotatable bonds is 7. The number of benzene rings is 2. The Hall–Kier alpha value is -2.90. The van der Waals surface area contributed by atoms with Crippen molar-refractivity contribution in [3.8, 4) is 0 Å². The van der Waals surface area contributed by atoms with Gasteiger partial charge in [-0.1, -0.05) is 12.1 Å². The van der Waals surface area contributed by atoms with Crippen molar-refractivity contribution < 1.29 is 30.4 Å². The summed E-state index contributed by atoms with van der Waals surface area (Å²) in [6.45, 7) is 5.10. The minimum atomic E-state index is -3.91. The summed E-state index contributed by atoms with van der Waals surface area (Å²) >= 11 is 0. The number of nitrogens with zero attached hydrogens (tertiary/aromatic N) is 2. The highest BCUT2D eigenvalue weighted by Gasteiger charge is 2.37. The lowest BCUT2D eigenvalue weighted by Crippen LogP contribution is -2.40. The smallest absolute Gasteiger partial charge is 0.248 e. The fourth-order valence-corrected chi connectivity index (χ4v) is 6.55. The first-order valence-electron chi connectivity index (χ1n) is 12.0. The molecule has 1 heterocycles. The third-order valence-electron chi connectivity index (χ3n) is 6.11. The number of halogens is 2. The molecule has 2 aromatic carbocycles. The molecule has 38 heavy (non-hydrogen) atoms. The summed E-state index contributed by atoms with van der Waals surface area (Å²) < 4.78 is 83.3. The zero-order valence-corrected chi connectivity index (χ0v) is 23.1. The molecule has 1 aliphatic rings. The summed E-state index contributed by atoms with van der Waals surface area (Å²) in [4.78, 5) is 13.5. The molecule has 0 unspecified atom stereocenters. The summed E-state index contributed by atoms with van der Waals surface area (Å²) in [5.74, 6) is -3.32. The van der Waals surface area contributed by atoms with Crippen molar-refractivity contribution in [2.24, 2.45) is 0 Å². The number of anilines is 1. The quantitative estimate of drug-likeness (QED) is 0.405. The molecule has 3 aromatic rings. The number of alkyl halides is 2. The maximum Gasteiger partial charge on any atom is 0.248 e.